The maximum Gasteiger partial charge on any atom is 0.237 e. The third-order valence-electron chi connectivity index (χ3n) is 7.69. The van der Waals surface area contributed by atoms with Gasteiger partial charge in [0.25, 0.3) is 0 Å². The quantitative estimate of drug-likeness (QED) is 0.186. The van der Waals surface area contributed by atoms with Gasteiger partial charge in [0.1, 0.15) is 0 Å². The first kappa shape index (κ1) is 30.8. The van der Waals surface area contributed by atoms with Crippen molar-refractivity contribution in [2.75, 3.05) is 32.8 Å². The first-order valence-corrected chi connectivity index (χ1v) is 15.9. The lowest BCUT2D eigenvalue weighted by molar-refractivity contribution is -0.128. The van der Waals surface area contributed by atoms with Crippen LogP contribution in [0.1, 0.15) is 63.6 Å². The van der Waals surface area contributed by atoms with E-state index in [1.165, 1.54) is 0 Å². The van der Waals surface area contributed by atoms with E-state index in [2.05, 4.69) is 17.1 Å². The molecule has 1 aliphatic rings. The Morgan fingerprint density at radius 1 is 0.878 bits per heavy atom. The number of aryl methyl sites for hydroxylation is 2. The number of carbonyl (C=O) groups is 3. The predicted octanol–water partition coefficient (Wildman–Crippen LogP) is 5.07. The molecule has 1 N–H and O–H groups in total. The molecule has 1 saturated heterocycles. The third-order valence-corrected chi connectivity index (χ3v) is 9.95. The summed E-state index contributed by atoms with van der Waals surface area (Å²) in [5, 5.41) is 4.98. The van der Waals surface area contributed by atoms with Gasteiger partial charge >= 0.3 is 0 Å². The highest BCUT2D eigenvalue weighted by molar-refractivity contribution is 7.88. The minimum Gasteiger partial charge on any atom is -0.379 e. The standard InChI is InChI=1S/C34H41N2O4P/c1-5-6-17-35-33(38)29(36-18-20-40-21-19-36)23-30(37)31-24(2)22-25(3)32(26(31)4)34(39)41(27-13-9-7-10-14-27)28-15-11-8-12-16-28/h7-16,22,29H,5-6,17-21,23H2,1-4H3,(H,35,38). The number of hydrogen-bond donors (Lipinski definition) is 1. The Kier molecular flexibility index (Phi) is 11.0. The largest absolute Gasteiger partial charge is 0.379 e. The molecule has 0 radical (unpaired) electrons. The maximum absolute atomic E-state index is 14.4. The molecule has 0 aromatic heterocycles. The van der Waals surface area contributed by atoms with Crippen molar-refractivity contribution in [3.05, 3.63) is 94.5 Å². The predicted molar refractivity (Wildman–Crippen MR) is 167 cm³/mol. The average Bonchev–Trinajstić information content (AvgIpc) is 2.97. The van der Waals surface area contributed by atoms with Gasteiger partial charge in [-0.15, -0.1) is 0 Å². The van der Waals surface area contributed by atoms with Gasteiger partial charge in [0.2, 0.25) is 5.91 Å². The van der Waals surface area contributed by atoms with Crippen LogP contribution in [0.2, 0.25) is 0 Å². The first-order valence-electron chi connectivity index (χ1n) is 14.5. The number of ketones is 1. The Hall–Kier alpha value is -3.18. The van der Waals surface area contributed by atoms with Crippen molar-refractivity contribution in [2.45, 2.75) is 53.0 Å². The highest BCUT2D eigenvalue weighted by Gasteiger charge is 2.33. The van der Waals surface area contributed by atoms with Crippen LogP contribution in [-0.4, -0.2) is 61.0 Å². The Morgan fingerprint density at radius 2 is 1.44 bits per heavy atom. The summed E-state index contributed by atoms with van der Waals surface area (Å²) in [5.41, 5.74) is 3.58. The molecule has 4 rings (SSSR count). The second kappa shape index (κ2) is 14.6. The van der Waals surface area contributed by atoms with Crippen LogP contribution in [0.3, 0.4) is 0 Å². The first-order chi connectivity index (χ1) is 19.8. The Balaban J connectivity index is 1.70. The summed E-state index contributed by atoms with van der Waals surface area (Å²) in [5.74, 6) is -0.232. The molecule has 1 heterocycles. The summed E-state index contributed by atoms with van der Waals surface area (Å²) in [6.07, 6.45) is 1.93. The van der Waals surface area contributed by atoms with Gasteiger partial charge in [-0.2, -0.15) is 0 Å². The molecule has 3 aromatic rings. The van der Waals surface area contributed by atoms with Crippen LogP contribution < -0.4 is 15.9 Å². The van der Waals surface area contributed by atoms with Gasteiger partial charge < -0.3 is 10.1 Å². The van der Waals surface area contributed by atoms with Crippen molar-refractivity contribution in [3.8, 4) is 0 Å². The van der Waals surface area contributed by atoms with Gasteiger partial charge in [-0.05, 0) is 54.5 Å². The molecule has 1 aliphatic heterocycles. The van der Waals surface area contributed by atoms with Gasteiger partial charge in [-0.25, -0.2) is 0 Å². The van der Waals surface area contributed by atoms with Crippen LogP contribution in [0.25, 0.3) is 0 Å². The summed E-state index contributed by atoms with van der Waals surface area (Å²) in [6, 6.07) is 21.1. The van der Waals surface area contributed by atoms with E-state index in [1.54, 1.807) is 0 Å². The number of nitrogens with zero attached hydrogens (tertiary/aromatic N) is 1. The van der Waals surface area contributed by atoms with Crippen molar-refractivity contribution in [1.29, 1.82) is 0 Å². The molecule has 216 valence electrons. The zero-order valence-electron chi connectivity index (χ0n) is 24.6. The normalized spacial score (nSPS) is 14.6. The molecule has 0 bridgehead atoms. The number of ether oxygens (including phenoxy) is 1. The third kappa shape index (κ3) is 7.37. The number of Topliss-reactive ketones (excluding diaryl/α,β-unsaturated/α-hetero) is 1. The van der Waals surface area contributed by atoms with Crippen LogP contribution in [0.4, 0.5) is 0 Å². The summed E-state index contributed by atoms with van der Waals surface area (Å²) in [4.78, 5) is 43.8. The fraction of sp³-hybridized carbons (Fsp3) is 0.382. The molecular weight excluding hydrogens is 531 g/mol. The van der Waals surface area contributed by atoms with E-state index < -0.39 is 14.0 Å². The van der Waals surface area contributed by atoms with Crippen molar-refractivity contribution in [3.63, 3.8) is 0 Å². The number of rotatable bonds is 12. The summed E-state index contributed by atoms with van der Waals surface area (Å²) < 4.78 is 5.51. The zero-order valence-corrected chi connectivity index (χ0v) is 25.5. The van der Waals surface area contributed by atoms with Crippen LogP contribution in [-0.2, 0) is 9.53 Å². The number of benzene rings is 3. The molecule has 1 amide bonds. The van der Waals surface area contributed by atoms with Gasteiger partial charge in [0.05, 0.1) is 19.3 Å². The highest BCUT2D eigenvalue weighted by Crippen LogP contribution is 2.40. The number of morpholine rings is 1. The van der Waals surface area contributed by atoms with E-state index in [9.17, 15) is 14.4 Å². The minimum atomic E-state index is -1.34. The molecule has 1 unspecified atom stereocenters. The molecule has 3 aromatic carbocycles. The van der Waals surface area contributed by atoms with Crippen molar-refractivity contribution >= 4 is 35.7 Å². The fourth-order valence-corrected chi connectivity index (χ4v) is 7.93. The van der Waals surface area contributed by atoms with Crippen molar-refractivity contribution in [1.82, 2.24) is 10.2 Å². The van der Waals surface area contributed by atoms with Crippen LogP contribution >= 0.6 is 7.92 Å². The number of carbonyl (C=O) groups excluding carboxylic acids is 3. The van der Waals surface area contributed by atoms with E-state index in [1.807, 2.05) is 87.5 Å². The molecule has 0 saturated carbocycles. The maximum atomic E-state index is 14.4. The zero-order chi connectivity index (χ0) is 29.4. The molecule has 0 aliphatic carbocycles. The number of unbranched alkanes of at least 4 members (excludes halogenated alkanes) is 1. The Morgan fingerprint density at radius 3 is 2.00 bits per heavy atom. The number of hydrogen-bond acceptors (Lipinski definition) is 5. The van der Waals surface area contributed by atoms with Gasteiger partial charge in [0.15, 0.2) is 11.3 Å². The van der Waals surface area contributed by atoms with E-state index in [0.717, 1.165) is 34.6 Å². The van der Waals surface area contributed by atoms with Gasteiger partial charge in [-0.1, -0.05) is 80.1 Å². The monoisotopic (exact) mass is 572 g/mol. The number of nitrogens with one attached hydrogen (secondary N) is 1. The minimum absolute atomic E-state index is 0.0310. The Bertz CT molecular complexity index is 1310. The summed E-state index contributed by atoms with van der Waals surface area (Å²) >= 11 is 0. The van der Waals surface area contributed by atoms with E-state index in [0.29, 0.717) is 49.5 Å². The fourth-order valence-electron chi connectivity index (χ4n) is 5.65. The molecule has 6 nitrogen and oxygen atoms in total. The summed E-state index contributed by atoms with van der Waals surface area (Å²) in [7, 11) is -1.34. The molecular formula is C34H41N2O4P. The lowest BCUT2D eigenvalue weighted by Gasteiger charge is -2.33. The van der Waals surface area contributed by atoms with Crippen molar-refractivity contribution < 1.29 is 19.1 Å². The van der Waals surface area contributed by atoms with E-state index >= 15 is 0 Å². The molecule has 7 heteroatoms. The second-order valence-corrected chi connectivity index (χ2v) is 12.7. The van der Waals surface area contributed by atoms with E-state index in [-0.39, 0.29) is 23.6 Å². The molecule has 1 atom stereocenters. The lowest BCUT2D eigenvalue weighted by Crippen LogP contribution is -2.52. The summed E-state index contributed by atoms with van der Waals surface area (Å²) in [6.45, 7) is 10.7. The highest BCUT2D eigenvalue weighted by atomic mass is 31.1. The lowest BCUT2D eigenvalue weighted by atomic mass is 9.89. The Labute approximate surface area is 245 Å². The topological polar surface area (TPSA) is 75.7 Å². The molecule has 41 heavy (non-hydrogen) atoms. The van der Waals surface area contributed by atoms with Gasteiger partial charge in [-0.3, -0.25) is 19.3 Å². The van der Waals surface area contributed by atoms with Gasteiger partial charge in [0, 0.05) is 45.1 Å². The number of amides is 1. The molecule has 1 fully saturated rings. The average molecular weight is 573 g/mol. The van der Waals surface area contributed by atoms with Crippen LogP contribution in [0.15, 0.2) is 66.7 Å². The molecule has 0 spiro atoms. The smallest absolute Gasteiger partial charge is 0.237 e. The van der Waals surface area contributed by atoms with Crippen LogP contribution in [0.5, 0.6) is 0 Å². The van der Waals surface area contributed by atoms with E-state index in [4.69, 9.17) is 4.74 Å². The van der Waals surface area contributed by atoms with Crippen molar-refractivity contribution in [2.24, 2.45) is 0 Å². The second-order valence-electron chi connectivity index (χ2n) is 10.6. The SMILES string of the molecule is CCCCNC(=O)C(CC(=O)c1c(C)cc(C)c(C(=O)P(c2ccccc2)c2ccccc2)c1C)N1CCOCC1. The van der Waals surface area contributed by atoms with Crippen LogP contribution in [0, 0.1) is 20.8 Å².